The Balaban J connectivity index is 1.38. The molecule has 1 aromatic carbocycles. The normalized spacial score (nSPS) is 21.8. The van der Waals surface area contributed by atoms with E-state index in [9.17, 15) is 9.18 Å². The van der Waals surface area contributed by atoms with Crippen molar-refractivity contribution in [2.45, 2.75) is 19.4 Å². The molecule has 26 heavy (non-hydrogen) atoms. The number of hydrogen-bond acceptors (Lipinski definition) is 4. The van der Waals surface area contributed by atoms with Gasteiger partial charge in [0.15, 0.2) is 6.61 Å². The molecule has 2 aliphatic rings. The number of aryl methyl sites for hydroxylation is 1. The Morgan fingerprint density at radius 3 is 2.88 bits per heavy atom. The number of carbonyl (C=O) groups excluding carboxylic acids is 1. The van der Waals surface area contributed by atoms with Gasteiger partial charge in [0.2, 0.25) is 0 Å². The van der Waals surface area contributed by atoms with E-state index in [4.69, 9.17) is 4.74 Å². The molecule has 2 aliphatic heterocycles. The Morgan fingerprint density at radius 1 is 1.27 bits per heavy atom. The summed E-state index contributed by atoms with van der Waals surface area (Å²) in [7, 11) is 0. The van der Waals surface area contributed by atoms with Crippen LogP contribution in [0.15, 0.2) is 42.6 Å². The second-order valence-electron chi connectivity index (χ2n) is 7.00. The number of nitrogens with zero attached hydrogens (tertiary/aromatic N) is 3. The number of rotatable bonds is 4. The van der Waals surface area contributed by atoms with Crippen LogP contribution in [-0.4, -0.2) is 48.1 Å². The van der Waals surface area contributed by atoms with Crippen molar-refractivity contribution in [3.8, 4) is 5.75 Å². The lowest BCUT2D eigenvalue weighted by atomic mass is 10.1. The lowest BCUT2D eigenvalue weighted by Crippen LogP contribution is -2.42. The molecule has 0 spiro atoms. The molecule has 0 aliphatic carbocycles. The maximum Gasteiger partial charge on any atom is 0.260 e. The average molecular weight is 355 g/mol. The van der Waals surface area contributed by atoms with Crippen molar-refractivity contribution in [3.63, 3.8) is 0 Å². The van der Waals surface area contributed by atoms with Crippen LogP contribution in [0.3, 0.4) is 0 Å². The number of anilines is 1. The molecular weight excluding hydrogens is 333 g/mol. The second kappa shape index (κ2) is 6.94. The number of pyridine rings is 1. The number of fused-ring (bicyclic) bond motifs is 1. The Labute approximate surface area is 152 Å². The highest BCUT2D eigenvalue weighted by molar-refractivity contribution is 5.78. The van der Waals surface area contributed by atoms with E-state index in [1.165, 1.54) is 12.3 Å². The fraction of sp³-hybridized carbons (Fsp3) is 0.400. The fourth-order valence-corrected chi connectivity index (χ4v) is 3.95. The molecule has 2 unspecified atom stereocenters. The van der Waals surface area contributed by atoms with Gasteiger partial charge < -0.3 is 14.5 Å². The highest BCUT2D eigenvalue weighted by atomic mass is 19.1. The third-order valence-corrected chi connectivity index (χ3v) is 5.35. The Hall–Kier alpha value is -2.63. The molecule has 1 amide bonds. The van der Waals surface area contributed by atoms with Gasteiger partial charge in [-0.05, 0) is 37.1 Å². The van der Waals surface area contributed by atoms with E-state index in [1.54, 1.807) is 6.07 Å². The molecular formula is C20H22FN3O2. The van der Waals surface area contributed by atoms with Gasteiger partial charge in [-0.3, -0.25) is 4.79 Å². The van der Waals surface area contributed by atoms with E-state index in [0.717, 1.165) is 43.2 Å². The first kappa shape index (κ1) is 16.8. The van der Waals surface area contributed by atoms with Gasteiger partial charge in [0.1, 0.15) is 17.4 Å². The topological polar surface area (TPSA) is 45.7 Å². The van der Waals surface area contributed by atoms with Gasteiger partial charge in [0, 0.05) is 25.6 Å². The summed E-state index contributed by atoms with van der Waals surface area (Å²) in [6.45, 7) is 4.39. The molecule has 0 bridgehead atoms. The minimum atomic E-state index is -0.335. The van der Waals surface area contributed by atoms with Crippen LogP contribution in [-0.2, 0) is 4.79 Å². The summed E-state index contributed by atoms with van der Waals surface area (Å²) < 4.78 is 18.8. The summed E-state index contributed by atoms with van der Waals surface area (Å²) in [6.07, 6.45) is 2.22. The molecule has 0 saturated carbocycles. The predicted molar refractivity (Wildman–Crippen MR) is 96.7 cm³/mol. The zero-order chi connectivity index (χ0) is 18.1. The number of likely N-dealkylation sites (tertiary alicyclic amines) is 1. The molecule has 4 rings (SSSR count). The molecule has 1 aromatic heterocycles. The zero-order valence-electron chi connectivity index (χ0n) is 14.8. The molecule has 5 nitrogen and oxygen atoms in total. The van der Waals surface area contributed by atoms with Gasteiger partial charge in [0.05, 0.1) is 12.2 Å². The molecule has 0 N–H and O–H groups in total. The highest BCUT2D eigenvalue weighted by Crippen LogP contribution is 2.33. The summed E-state index contributed by atoms with van der Waals surface area (Å²) in [4.78, 5) is 20.9. The third kappa shape index (κ3) is 3.23. The summed E-state index contributed by atoms with van der Waals surface area (Å²) in [5, 5.41) is 0. The van der Waals surface area contributed by atoms with E-state index in [-0.39, 0.29) is 24.4 Å². The van der Waals surface area contributed by atoms with Crippen molar-refractivity contribution in [1.29, 1.82) is 0 Å². The molecule has 2 aromatic rings. The molecule has 2 fully saturated rings. The van der Waals surface area contributed by atoms with Crippen LogP contribution < -0.4 is 9.64 Å². The Bertz CT molecular complexity index is 796. The van der Waals surface area contributed by atoms with Crippen LogP contribution in [0.1, 0.15) is 12.0 Å². The van der Waals surface area contributed by atoms with Crippen molar-refractivity contribution in [2.24, 2.45) is 5.92 Å². The minimum absolute atomic E-state index is 0.0228. The maximum atomic E-state index is 13.1. The fourth-order valence-electron chi connectivity index (χ4n) is 3.95. The van der Waals surface area contributed by atoms with Crippen molar-refractivity contribution >= 4 is 11.7 Å². The number of ether oxygens (including phenoxy) is 1. The van der Waals surface area contributed by atoms with E-state index in [2.05, 4.69) is 9.88 Å². The molecule has 3 heterocycles. The quantitative estimate of drug-likeness (QED) is 0.846. The number of amides is 1. The monoisotopic (exact) mass is 355 g/mol. The molecule has 136 valence electrons. The number of aromatic nitrogens is 1. The first-order chi connectivity index (χ1) is 12.6. The van der Waals surface area contributed by atoms with Gasteiger partial charge in [0.25, 0.3) is 5.91 Å². The van der Waals surface area contributed by atoms with Crippen LogP contribution in [0.4, 0.5) is 10.2 Å². The lowest BCUT2D eigenvalue weighted by Gasteiger charge is -2.25. The van der Waals surface area contributed by atoms with Gasteiger partial charge in [-0.15, -0.1) is 0 Å². The molecule has 6 heteroatoms. The largest absolute Gasteiger partial charge is 0.484 e. The summed E-state index contributed by atoms with van der Waals surface area (Å²) in [6, 6.07) is 11.0. The number of hydrogen-bond donors (Lipinski definition) is 0. The second-order valence-corrected chi connectivity index (χ2v) is 7.00. The average Bonchev–Trinajstić information content (AvgIpc) is 3.22. The summed E-state index contributed by atoms with van der Waals surface area (Å²) in [5.41, 5.74) is 1.02. The SMILES string of the molecule is Cc1ccccc1OCC(=O)N1CCC2CN(c3ccc(F)cn3)CC21. The van der Waals surface area contributed by atoms with E-state index < -0.39 is 0 Å². The Morgan fingerprint density at radius 2 is 2.12 bits per heavy atom. The van der Waals surface area contributed by atoms with E-state index in [0.29, 0.717) is 5.92 Å². The van der Waals surface area contributed by atoms with Crippen LogP contribution in [0, 0.1) is 18.7 Å². The van der Waals surface area contributed by atoms with Crippen molar-refractivity contribution < 1.29 is 13.9 Å². The lowest BCUT2D eigenvalue weighted by molar-refractivity contribution is -0.134. The third-order valence-electron chi connectivity index (χ3n) is 5.35. The standard InChI is InChI=1S/C20H22FN3O2/c1-14-4-2-3-5-18(14)26-13-20(25)24-9-8-15-11-23(12-17(15)24)19-7-6-16(21)10-22-19/h2-7,10,15,17H,8-9,11-13H2,1H3. The molecule has 2 saturated heterocycles. The van der Waals surface area contributed by atoms with Crippen LogP contribution in [0.25, 0.3) is 0 Å². The first-order valence-corrected chi connectivity index (χ1v) is 8.96. The van der Waals surface area contributed by atoms with Crippen LogP contribution in [0.2, 0.25) is 0 Å². The number of halogens is 1. The van der Waals surface area contributed by atoms with Crippen molar-refractivity contribution in [3.05, 3.63) is 54.0 Å². The first-order valence-electron chi connectivity index (χ1n) is 8.96. The smallest absolute Gasteiger partial charge is 0.260 e. The molecule has 2 atom stereocenters. The van der Waals surface area contributed by atoms with Crippen molar-refractivity contribution in [2.75, 3.05) is 31.1 Å². The maximum absolute atomic E-state index is 13.1. The Kier molecular flexibility index (Phi) is 4.49. The molecule has 0 radical (unpaired) electrons. The minimum Gasteiger partial charge on any atom is -0.484 e. The van der Waals surface area contributed by atoms with Crippen LogP contribution >= 0.6 is 0 Å². The van der Waals surface area contributed by atoms with Gasteiger partial charge in [-0.1, -0.05) is 18.2 Å². The van der Waals surface area contributed by atoms with Gasteiger partial charge in [-0.2, -0.15) is 0 Å². The van der Waals surface area contributed by atoms with E-state index in [1.807, 2.05) is 36.1 Å². The van der Waals surface area contributed by atoms with Crippen molar-refractivity contribution in [1.82, 2.24) is 9.88 Å². The predicted octanol–water partition coefficient (Wildman–Crippen LogP) is 2.65. The highest BCUT2D eigenvalue weighted by Gasteiger charge is 2.43. The van der Waals surface area contributed by atoms with Crippen LogP contribution in [0.5, 0.6) is 5.75 Å². The summed E-state index contributed by atoms with van der Waals surface area (Å²) in [5.74, 6) is 1.64. The van der Waals surface area contributed by atoms with Gasteiger partial charge in [-0.25, -0.2) is 9.37 Å². The van der Waals surface area contributed by atoms with Gasteiger partial charge >= 0.3 is 0 Å². The zero-order valence-corrected chi connectivity index (χ0v) is 14.8. The number of benzene rings is 1. The van der Waals surface area contributed by atoms with E-state index >= 15 is 0 Å². The summed E-state index contributed by atoms with van der Waals surface area (Å²) >= 11 is 0. The number of para-hydroxylation sites is 1. The number of carbonyl (C=O) groups is 1.